The minimum Gasteiger partial charge on any atom is -0.335 e. The predicted molar refractivity (Wildman–Crippen MR) is 75.5 cm³/mol. The molecule has 0 aromatic carbocycles. The molecule has 1 aliphatic heterocycles. The number of nitrogens with zero attached hydrogens (tertiary/aromatic N) is 2. The predicted octanol–water partition coefficient (Wildman–Crippen LogP) is 0.852. The first-order valence-electron chi connectivity index (χ1n) is 6.90. The molecule has 1 rings (SSSR count). The van der Waals surface area contributed by atoms with Crippen LogP contribution in [0, 0.1) is 0 Å². The molecule has 6 nitrogen and oxygen atoms in total. The third-order valence-electron chi connectivity index (χ3n) is 3.45. The van der Waals surface area contributed by atoms with Crippen molar-refractivity contribution in [2.45, 2.75) is 39.2 Å². The lowest BCUT2D eigenvalue weighted by Gasteiger charge is -2.32. The Balaban J connectivity index is 2.41. The molecule has 0 radical (unpaired) electrons. The first kappa shape index (κ1) is 16.2. The minimum atomic E-state index is -3.09. The molecule has 0 atom stereocenters. The van der Waals surface area contributed by atoms with Crippen molar-refractivity contribution in [1.29, 1.82) is 0 Å². The molecule has 1 heterocycles. The molecule has 1 fully saturated rings. The molecule has 0 bridgehead atoms. The molecular weight excluding hydrogens is 266 g/mol. The Morgan fingerprint density at radius 1 is 1.32 bits per heavy atom. The number of carbonyl (C=O) groups excluding carboxylic acids is 1. The zero-order valence-corrected chi connectivity index (χ0v) is 12.9. The summed E-state index contributed by atoms with van der Waals surface area (Å²) in [6.07, 6.45) is 2.30. The number of rotatable bonds is 5. The molecule has 0 aromatic rings. The van der Waals surface area contributed by atoms with Gasteiger partial charge in [-0.25, -0.2) is 17.5 Å². The summed E-state index contributed by atoms with van der Waals surface area (Å²) in [6.45, 7) is 5.41. The fourth-order valence-electron chi connectivity index (χ4n) is 2.18. The summed E-state index contributed by atoms with van der Waals surface area (Å²) < 4.78 is 24.9. The van der Waals surface area contributed by atoms with Crippen LogP contribution in [0.4, 0.5) is 4.79 Å². The van der Waals surface area contributed by atoms with Crippen molar-refractivity contribution in [3.05, 3.63) is 0 Å². The van der Waals surface area contributed by atoms with Crippen molar-refractivity contribution in [2.75, 3.05) is 32.4 Å². The summed E-state index contributed by atoms with van der Waals surface area (Å²) in [4.78, 5) is 13.5. The first-order chi connectivity index (χ1) is 8.90. The van der Waals surface area contributed by atoms with Crippen LogP contribution in [0.15, 0.2) is 0 Å². The normalized spacial score (nSPS) is 18.3. The number of urea groups is 1. The van der Waals surface area contributed by atoms with E-state index < -0.39 is 10.0 Å². The average Bonchev–Trinajstić information content (AvgIpc) is 2.39. The van der Waals surface area contributed by atoms with Gasteiger partial charge in [0.05, 0.1) is 5.75 Å². The summed E-state index contributed by atoms with van der Waals surface area (Å²) >= 11 is 0. The van der Waals surface area contributed by atoms with E-state index in [1.54, 1.807) is 18.9 Å². The second-order valence-electron chi connectivity index (χ2n) is 4.94. The third kappa shape index (κ3) is 4.65. The van der Waals surface area contributed by atoms with Crippen molar-refractivity contribution in [3.8, 4) is 0 Å². The lowest BCUT2D eigenvalue weighted by atomic mass is 10.1. The van der Waals surface area contributed by atoms with Gasteiger partial charge in [-0.15, -0.1) is 0 Å². The Bertz CT molecular complexity index is 389. The maximum Gasteiger partial charge on any atom is 0.317 e. The van der Waals surface area contributed by atoms with Crippen LogP contribution >= 0.6 is 0 Å². The molecular formula is C12H25N3O3S. The summed E-state index contributed by atoms with van der Waals surface area (Å²) in [7, 11) is -1.31. The zero-order valence-electron chi connectivity index (χ0n) is 12.1. The second-order valence-corrected chi connectivity index (χ2v) is 7.20. The second kappa shape index (κ2) is 7.09. The molecule has 1 aliphatic rings. The lowest BCUT2D eigenvalue weighted by molar-refractivity contribution is 0.197. The number of hydrogen-bond donors (Lipinski definition) is 1. The SMILES string of the molecule is CCCN(C)C(=O)NC1CCN(S(=O)(=O)CC)CC1. The molecule has 0 unspecified atom stereocenters. The Kier molecular flexibility index (Phi) is 6.06. The van der Waals surface area contributed by atoms with E-state index in [4.69, 9.17) is 0 Å². The van der Waals surface area contributed by atoms with Gasteiger partial charge in [0.1, 0.15) is 0 Å². The van der Waals surface area contributed by atoms with Gasteiger partial charge in [-0.2, -0.15) is 0 Å². The van der Waals surface area contributed by atoms with E-state index in [9.17, 15) is 13.2 Å². The van der Waals surface area contributed by atoms with Crippen LogP contribution in [0.5, 0.6) is 0 Å². The van der Waals surface area contributed by atoms with Crippen LogP contribution in [0.25, 0.3) is 0 Å². The van der Waals surface area contributed by atoms with Crippen LogP contribution in [0.2, 0.25) is 0 Å². The van der Waals surface area contributed by atoms with E-state index >= 15 is 0 Å². The van der Waals surface area contributed by atoms with Gasteiger partial charge in [0.25, 0.3) is 0 Å². The van der Waals surface area contributed by atoms with Crippen molar-refractivity contribution in [2.24, 2.45) is 0 Å². The molecule has 1 saturated heterocycles. The maximum absolute atomic E-state index is 11.8. The van der Waals surface area contributed by atoms with Crippen LogP contribution in [0.1, 0.15) is 33.1 Å². The molecule has 0 saturated carbocycles. The quantitative estimate of drug-likeness (QED) is 0.816. The van der Waals surface area contributed by atoms with Crippen molar-refractivity contribution >= 4 is 16.1 Å². The largest absolute Gasteiger partial charge is 0.335 e. The van der Waals surface area contributed by atoms with Crippen LogP contribution in [0.3, 0.4) is 0 Å². The number of amides is 2. The zero-order chi connectivity index (χ0) is 14.5. The van der Waals surface area contributed by atoms with Crippen LogP contribution < -0.4 is 5.32 Å². The minimum absolute atomic E-state index is 0.0707. The molecule has 2 amide bonds. The van der Waals surface area contributed by atoms with Crippen molar-refractivity contribution < 1.29 is 13.2 Å². The summed E-state index contributed by atoms with van der Waals surface area (Å²) in [5, 5.41) is 2.96. The first-order valence-corrected chi connectivity index (χ1v) is 8.51. The van der Waals surface area contributed by atoms with Crippen LogP contribution in [-0.2, 0) is 10.0 Å². The molecule has 0 aromatic heterocycles. The molecule has 112 valence electrons. The number of hydrogen-bond acceptors (Lipinski definition) is 3. The Hall–Kier alpha value is -0.820. The van der Waals surface area contributed by atoms with Gasteiger partial charge in [0, 0.05) is 32.7 Å². The Morgan fingerprint density at radius 2 is 1.89 bits per heavy atom. The molecule has 7 heteroatoms. The molecule has 0 spiro atoms. The van der Waals surface area contributed by atoms with E-state index in [0.29, 0.717) is 25.9 Å². The number of sulfonamides is 1. The van der Waals surface area contributed by atoms with Gasteiger partial charge >= 0.3 is 6.03 Å². The van der Waals surface area contributed by atoms with Gasteiger partial charge in [-0.3, -0.25) is 0 Å². The molecule has 1 N–H and O–H groups in total. The fourth-order valence-corrected chi connectivity index (χ4v) is 3.31. The van der Waals surface area contributed by atoms with Gasteiger partial charge < -0.3 is 10.2 Å². The topological polar surface area (TPSA) is 69.7 Å². The van der Waals surface area contributed by atoms with E-state index in [1.807, 2.05) is 6.92 Å². The molecule has 0 aliphatic carbocycles. The summed E-state index contributed by atoms with van der Waals surface area (Å²) in [6, 6.07) is 0.00811. The standard InChI is InChI=1S/C12H25N3O3S/c1-4-8-14(3)12(16)13-11-6-9-15(10-7-11)19(17,18)5-2/h11H,4-10H2,1-3H3,(H,13,16). The van der Waals surface area contributed by atoms with Crippen molar-refractivity contribution in [1.82, 2.24) is 14.5 Å². The number of carbonyl (C=O) groups is 1. The monoisotopic (exact) mass is 291 g/mol. The number of piperidine rings is 1. The fraction of sp³-hybridized carbons (Fsp3) is 0.917. The van der Waals surface area contributed by atoms with Gasteiger partial charge in [0.2, 0.25) is 10.0 Å². The van der Waals surface area contributed by atoms with Gasteiger partial charge in [0.15, 0.2) is 0 Å². The smallest absolute Gasteiger partial charge is 0.317 e. The van der Waals surface area contributed by atoms with E-state index in [1.165, 1.54) is 4.31 Å². The maximum atomic E-state index is 11.8. The van der Waals surface area contributed by atoms with E-state index in [2.05, 4.69) is 5.32 Å². The highest BCUT2D eigenvalue weighted by Gasteiger charge is 2.27. The molecule has 19 heavy (non-hydrogen) atoms. The Labute approximate surface area is 116 Å². The van der Waals surface area contributed by atoms with Crippen LogP contribution in [-0.4, -0.2) is 62.1 Å². The lowest BCUT2D eigenvalue weighted by Crippen LogP contribution is -2.49. The van der Waals surface area contributed by atoms with Gasteiger partial charge in [-0.1, -0.05) is 6.92 Å². The summed E-state index contributed by atoms with van der Waals surface area (Å²) in [5.74, 6) is 0.142. The van der Waals surface area contributed by atoms with Crippen molar-refractivity contribution in [3.63, 3.8) is 0 Å². The van der Waals surface area contributed by atoms with E-state index in [-0.39, 0.29) is 17.8 Å². The average molecular weight is 291 g/mol. The van der Waals surface area contributed by atoms with Gasteiger partial charge in [-0.05, 0) is 26.2 Å². The van der Waals surface area contributed by atoms with E-state index in [0.717, 1.165) is 13.0 Å². The third-order valence-corrected chi connectivity index (χ3v) is 5.33. The Morgan fingerprint density at radius 3 is 2.37 bits per heavy atom. The highest BCUT2D eigenvalue weighted by Crippen LogP contribution is 2.14. The number of nitrogens with one attached hydrogen (secondary N) is 1. The highest BCUT2D eigenvalue weighted by atomic mass is 32.2. The highest BCUT2D eigenvalue weighted by molar-refractivity contribution is 7.89. The summed E-state index contributed by atoms with van der Waals surface area (Å²) in [5.41, 5.74) is 0.